The Bertz CT molecular complexity index is 572. The van der Waals surface area contributed by atoms with Gasteiger partial charge >= 0.3 is 5.97 Å². The van der Waals surface area contributed by atoms with Crippen LogP contribution in [0.3, 0.4) is 0 Å². The molecule has 10 heteroatoms. The van der Waals surface area contributed by atoms with Crippen LogP contribution in [0.5, 0.6) is 0 Å². The smallest absolute Gasteiger partial charge is 0.326 e. The number of hydrogen-bond acceptors (Lipinski definition) is 6. The summed E-state index contributed by atoms with van der Waals surface area (Å²) in [5, 5.41) is 14.5. The second-order valence-electron chi connectivity index (χ2n) is 6.93. The standard InChI is InChI=1S/C17H30N4O5S/c1-4-9(2)13(20-14(22)10(3)18)15(23)19-11(8-27)16(24)21-7-5-6-12(21)17(25)26/h9-13,27H,4-8,18H2,1-3H3,(H,19,23)(H,20,22)(H,25,26). The zero-order valence-corrected chi connectivity index (χ0v) is 16.9. The van der Waals surface area contributed by atoms with Crippen LogP contribution in [-0.2, 0) is 19.2 Å². The lowest BCUT2D eigenvalue weighted by Crippen LogP contribution is -2.58. The topological polar surface area (TPSA) is 142 Å². The minimum absolute atomic E-state index is 0.0158. The van der Waals surface area contributed by atoms with Crippen molar-refractivity contribution < 1.29 is 24.3 Å². The first-order valence-corrected chi connectivity index (χ1v) is 9.77. The number of amides is 3. The Morgan fingerprint density at radius 3 is 2.33 bits per heavy atom. The Hall–Kier alpha value is -1.81. The summed E-state index contributed by atoms with van der Waals surface area (Å²) in [6, 6.07) is -3.48. The van der Waals surface area contributed by atoms with Gasteiger partial charge in [0.25, 0.3) is 0 Å². The predicted octanol–water partition coefficient (Wildman–Crippen LogP) is -0.645. The number of aliphatic carboxylic acids is 1. The highest BCUT2D eigenvalue weighted by Crippen LogP contribution is 2.19. The van der Waals surface area contributed by atoms with Gasteiger partial charge in [-0.25, -0.2) is 4.79 Å². The first kappa shape index (κ1) is 23.2. The maximum Gasteiger partial charge on any atom is 0.326 e. The lowest BCUT2D eigenvalue weighted by atomic mass is 9.97. The Balaban J connectivity index is 2.88. The fourth-order valence-electron chi connectivity index (χ4n) is 2.92. The number of carboxylic acid groups (broad SMARTS) is 1. The molecule has 5 unspecified atom stereocenters. The van der Waals surface area contributed by atoms with Crippen molar-refractivity contribution in [3.05, 3.63) is 0 Å². The van der Waals surface area contributed by atoms with Crippen molar-refractivity contribution in [3.63, 3.8) is 0 Å². The molecule has 5 atom stereocenters. The number of thiol groups is 1. The highest BCUT2D eigenvalue weighted by molar-refractivity contribution is 7.80. The van der Waals surface area contributed by atoms with Gasteiger partial charge in [-0.1, -0.05) is 20.3 Å². The molecule has 1 aliphatic rings. The molecule has 1 aliphatic heterocycles. The van der Waals surface area contributed by atoms with E-state index in [1.807, 2.05) is 13.8 Å². The molecule has 0 bridgehead atoms. The van der Waals surface area contributed by atoms with Gasteiger partial charge in [0, 0.05) is 12.3 Å². The highest BCUT2D eigenvalue weighted by Gasteiger charge is 2.38. The van der Waals surface area contributed by atoms with Crippen LogP contribution in [-0.4, -0.2) is 70.2 Å². The van der Waals surface area contributed by atoms with Gasteiger partial charge in [0.1, 0.15) is 18.1 Å². The molecule has 0 aromatic rings. The summed E-state index contributed by atoms with van der Waals surface area (Å²) < 4.78 is 0. The summed E-state index contributed by atoms with van der Waals surface area (Å²) in [4.78, 5) is 49.9. The average molecular weight is 403 g/mol. The number of nitrogens with zero attached hydrogens (tertiary/aromatic N) is 1. The molecule has 0 radical (unpaired) electrons. The summed E-state index contributed by atoms with van der Waals surface area (Å²) in [7, 11) is 0. The van der Waals surface area contributed by atoms with Crippen LogP contribution in [0.2, 0.25) is 0 Å². The minimum atomic E-state index is -1.06. The van der Waals surface area contributed by atoms with Gasteiger partial charge in [-0.05, 0) is 25.7 Å². The van der Waals surface area contributed by atoms with Crippen molar-refractivity contribution in [2.24, 2.45) is 11.7 Å². The summed E-state index contributed by atoms with van der Waals surface area (Å²) in [6.07, 6.45) is 1.61. The summed E-state index contributed by atoms with van der Waals surface area (Å²) in [5.41, 5.74) is 5.56. The van der Waals surface area contributed by atoms with Gasteiger partial charge in [0.2, 0.25) is 17.7 Å². The Kier molecular flexibility index (Phi) is 9.04. The van der Waals surface area contributed by atoms with E-state index in [2.05, 4.69) is 23.3 Å². The molecular formula is C17H30N4O5S. The van der Waals surface area contributed by atoms with E-state index in [0.29, 0.717) is 25.8 Å². The molecule has 1 heterocycles. The molecule has 0 aliphatic carbocycles. The summed E-state index contributed by atoms with van der Waals surface area (Å²) in [6.45, 7) is 5.53. The highest BCUT2D eigenvalue weighted by atomic mass is 32.1. The van der Waals surface area contributed by atoms with Crippen molar-refractivity contribution >= 4 is 36.3 Å². The SMILES string of the molecule is CCC(C)C(NC(=O)C(C)N)C(=O)NC(CS)C(=O)N1CCCC1C(=O)O. The lowest BCUT2D eigenvalue weighted by molar-refractivity contribution is -0.149. The maximum absolute atomic E-state index is 12.7. The van der Waals surface area contributed by atoms with E-state index in [-0.39, 0.29) is 11.7 Å². The van der Waals surface area contributed by atoms with Crippen molar-refractivity contribution in [1.29, 1.82) is 0 Å². The van der Waals surface area contributed by atoms with Crippen LogP contribution >= 0.6 is 12.6 Å². The van der Waals surface area contributed by atoms with Gasteiger partial charge in [-0.2, -0.15) is 12.6 Å². The van der Waals surface area contributed by atoms with Crippen LogP contribution in [0.15, 0.2) is 0 Å². The van der Waals surface area contributed by atoms with Crippen molar-refractivity contribution in [2.75, 3.05) is 12.3 Å². The van der Waals surface area contributed by atoms with E-state index >= 15 is 0 Å². The third kappa shape index (κ3) is 6.10. The fraction of sp³-hybridized carbons (Fsp3) is 0.765. The summed E-state index contributed by atoms with van der Waals surface area (Å²) >= 11 is 4.13. The summed E-state index contributed by atoms with van der Waals surface area (Å²) in [5.74, 6) is -2.69. The third-order valence-electron chi connectivity index (χ3n) is 4.82. The van der Waals surface area contributed by atoms with E-state index in [4.69, 9.17) is 5.73 Å². The van der Waals surface area contributed by atoms with Crippen molar-refractivity contribution in [3.8, 4) is 0 Å². The number of rotatable bonds is 9. The molecule has 5 N–H and O–H groups in total. The van der Waals surface area contributed by atoms with E-state index in [0.717, 1.165) is 0 Å². The molecule has 0 aromatic heterocycles. The Morgan fingerprint density at radius 2 is 1.85 bits per heavy atom. The number of nitrogens with one attached hydrogen (secondary N) is 2. The second-order valence-corrected chi connectivity index (χ2v) is 7.30. The number of carbonyl (C=O) groups excluding carboxylic acids is 3. The van der Waals surface area contributed by atoms with Crippen LogP contribution in [0, 0.1) is 5.92 Å². The van der Waals surface area contributed by atoms with E-state index in [1.54, 1.807) is 0 Å². The first-order valence-electron chi connectivity index (χ1n) is 9.14. The van der Waals surface area contributed by atoms with Gasteiger partial charge in [0.05, 0.1) is 6.04 Å². The zero-order valence-electron chi connectivity index (χ0n) is 16.0. The molecule has 1 rings (SSSR count). The lowest BCUT2D eigenvalue weighted by Gasteiger charge is -2.29. The van der Waals surface area contributed by atoms with Crippen molar-refractivity contribution in [2.45, 2.75) is 64.2 Å². The molecule has 1 fully saturated rings. The molecular weight excluding hydrogens is 372 g/mol. The number of hydrogen-bond donors (Lipinski definition) is 5. The quantitative estimate of drug-likeness (QED) is 0.325. The minimum Gasteiger partial charge on any atom is -0.480 e. The van der Waals surface area contributed by atoms with Crippen LogP contribution in [0.4, 0.5) is 0 Å². The van der Waals surface area contributed by atoms with Gasteiger partial charge in [-0.15, -0.1) is 0 Å². The number of likely N-dealkylation sites (tertiary alicyclic amines) is 1. The number of carboxylic acids is 1. The molecule has 27 heavy (non-hydrogen) atoms. The molecule has 3 amide bonds. The third-order valence-corrected chi connectivity index (χ3v) is 5.19. The van der Waals surface area contributed by atoms with E-state index < -0.39 is 47.9 Å². The molecule has 0 aromatic carbocycles. The normalized spacial score (nSPS) is 21.1. The Labute approximate surface area is 164 Å². The maximum atomic E-state index is 12.7. The number of nitrogens with two attached hydrogens (primary N) is 1. The molecule has 0 spiro atoms. The van der Waals surface area contributed by atoms with Gasteiger partial charge < -0.3 is 26.4 Å². The predicted molar refractivity (Wildman–Crippen MR) is 103 cm³/mol. The molecule has 9 nitrogen and oxygen atoms in total. The molecule has 0 saturated carbocycles. The van der Waals surface area contributed by atoms with Gasteiger partial charge in [-0.3, -0.25) is 14.4 Å². The first-order chi connectivity index (χ1) is 12.6. The second kappa shape index (κ2) is 10.5. The van der Waals surface area contributed by atoms with Gasteiger partial charge in [0.15, 0.2) is 0 Å². The number of carbonyl (C=O) groups is 4. The van der Waals surface area contributed by atoms with E-state index in [9.17, 15) is 24.3 Å². The Morgan fingerprint density at radius 1 is 1.22 bits per heavy atom. The zero-order chi connectivity index (χ0) is 20.7. The molecule has 1 saturated heterocycles. The van der Waals surface area contributed by atoms with Crippen LogP contribution in [0.1, 0.15) is 40.0 Å². The average Bonchev–Trinajstić information content (AvgIpc) is 3.12. The van der Waals surface area contributed by atoms with E-state index in [1.165, 1.54) is 11.8 Å². The monoisotopic (exact) mass is 402 g/mol. The fourth-order valence-corrected chi connectivity index (χ4v) is 3.17. The van der Waals surface area contributed by atoms with Crippen LogP contribution < -0.4 is 16.4 Å². The molecule has 154 valence electrons. The van der Waals surface area contributed by atoms with Crippen LogP contribution in [0.25, 0.3) is 0 Å². The largest absolute Gasteiger partial charge is 0.480 e. The van der Waals surface area contributed by atoms with Crippen molar-refractivity contribution in [1.82, 2.24) is 15.5 Å².